The van der Waals surface area contributed by atoms with Crippen LogP contribution in [-0.2, 0) is 0 Å². The van der Waals surface area contributed by atoms with Gasteiger partial charge in [0.1, 0.15) is 0 Å². The molecule has 0 aromatic heterocycles. The molecule has 0 unspecified atom stereocenters. The maximum Gasteiger partial charge on any atom is 0.0357 e. The Labute approximate surface area is 85.0 Å². The van der Waals surface area contributed by atoms with E-state index in [1.54, 1.807) is 0 Å². The number of rotatable bonds is 1. The maximum absolute atomic E-state index is 4.47. The molecule has 1 fully saturated rings. The maximum atomic E-state index is 4.47. The lowest BCUT2D eigenvalue weighted by Crippen LogP contribution is -2.16. The minimum atomic E-state index is 0.508. The van der Waals surface area contributed by atoms with Crippen LogP contribution in [0.3, 0.4) is 0 Å². The second-order valence-corrected chi connectivity index (χ2v) is 4.24. The molecule has 0 bridgehead atoms. The van der Waals surface area contributed by atoms with Crippen LogP contribution in [-0.4, -0.2) is 6.54 Å². The van der Waals surface area contributed by atoms with Crippen LogP contribution in [0.1, 0.15) is 24.9 Å². The molecule has 2 atom stereocenters. The molecular formula is C11H15NS. The normalized spacial score (nSPS) is 27.8. The van der Waals surface area contributed by atoms with Crippen LogP contribution in [0, 0.1) is 5.92 Å². The van der Waals surface area contributed by atoms with Crippen molar-refractivity contribution in [3.8, 4) is 0 Å². The molecule has 13 heavy (non-hydrogen) atoms. The van der Waals surface area contributed by atoms with Gasteiger partial charge in [-0.2, -0.15) is 0 Å². The van der Waals surface area contributed by atoms with Crippen LogP contribution < -0.4 is 5.32 Å². The van der Waals surface area contributed by atoms with Crippen molar-refractivity contribution >= 4 is 12.6 Å². The third kappa shape index (κ3) is 1.74. The Morgan fingerprint density at radius 2 is 2.15 bits per heavy atom. The molecule has 2 heteroatoms. The zero-order valence-electron chi connectivity index (χ0n) is 7.83. The highest BCUT2D eigenvalue weighted by atomic mass is 32.1. The smallest absolute Gasteiger partial charge is 0.0357 e. The van der Waals surface area contributed by atoms with Gasteiger partial charge in [-0.05, 0) is 30.5 Å². The quantitative estimate of drug-likeness (QED) is 0.653. The molecule has 1 aliphatic rings. The summed E-state index contributed by atoms with van der Waals surface area (Å²) in [6.07, 6.45) is 1.27. The summed E-state index contributed by atoms with van der Waals surface area (Å²) in [5, 5.41) is 3.51. The summed E-state index contributed by atoms with van der Waals surface area (Å²) in [7, 11) is 0. The zero-order valence-corrected chi connectivity index (χ0v) is 8.72. The van der Waals surface area contributed by atoms with Gasteiger partial charge < -0.3 is 5.32 Å². The second-order valence-electron chi connectivity index (χ2n) is 3.76. The summed E-state index contributed by atoms with van der Waals surface area (Å²) in [6, 6.07) is 8.86. The molecule has 70 valence electrons. The lowest BCUT2D eigenvalue weighted by Gasteiger charge is -2.17. The Kier molecular flexibility index (Phi) is 2.61. The fourth-order valence-electron chi connectivity index (χ4n) is 2.00. The number of hydrogen-bond acceptors (Lipinski definition) is 2. The minimum absolute atomic E-state index is 0.508. The highest BCUT2D eigenvalue weighted by molar-refractivity contribution is 7.80. The number of benzene rings is 1. The fourth-order valence-corrected chi connectivity index (χ4v) is 2.30. The molecule has 0 saturated carbocycles. The van der Waals surface area contributed by atoms with Crippen molar-refractivity contribution in [1.29, 1.82) is 0 Å². The van der Waals surface area contributed by atoms with E-state index in [4.69, 9.17) is 0 Å². The van der Waals surface area contributed by atoms with Crippen LogP contribution in [0.4, 0.5) is 0 Å². The third-order valence-electron chi connectivity index (χ3n) is 2.80. The predicted octanol–water partition coefficient (Wildman–Crippen LogP) is 2.65. The molecule has 1 aliphatic heterocycles. The molecule has 1 N–H and O–H groups in total. The first-order valence-corrected chi connectivity index (χ1v) is 5.25. The number of thiol groups is 1. The Morgan fingerprint density at radius 1 is 1.38 bits per heavy atom. The van der Waals surface area contributed by atoms with Gasteiger partial charge in [0.15, 0.2) is 0 Å². The molecule has 0 spiro atoms. The largest absolute Gasteiger partial charge is 0.310 e. The van der Waals surface area contributed by atoms with Crippen molar-refractivity contribution in [2.45, 2.75) is 24.3 Å². The number of hydrogen-bond donors (Lipinski definition) is 2. The average Bonchev–Trinajstić information content (AvgIpc) is 2.52. The van der Waals surface area contributed by atoms with Crippen molar-refractivity contribution in [2.75, 3.05) is 6.54 Å². The van der Waals surface area contributed by atoms with E-state index in [-0.39, 0.29) is 0 Å². The third-order valence-corrected chi connectivity index (χ3v) is 3.21. The molecule has 1 aromatic rings. The lowest BCUT2D eigenvalue weighted by atomic mass is 9.96. The fraction of sp³-hybridized carbons (Fsp3) is 0.455. The van der Waals surface area contributed by atoms with Gasteiger partial charge in [-0.1, -0.05) is 25.1 Å². The van der Waals surface area contributed by atoms with Crippen LogP contribution in [0.5, 0.6) is 0 Å². The van der Waals surface area contributed by atoms with Crippen molar-refractivity contribution in [3.05, 3.63) is 29.8 Å². The predicted molar refractivity (Wildman–Crippen MR) is 58.2 cm³/mol. The topological polar surface area (TPSA) is 12.0 Å². The van der Waals surface area contributed by atoms with Gasteiger partial charge in [0.25, 0.3) is 0 Å². The summed E-state index contributed by atoms with van der Waals surface area (Å²) in [5.74, 6) is 0.730. The van der Waals surface area contributed by atoms with E-state index in [1.165, 1.54) is 12.0 Å². The summed E-state index contributed by atoms with van der Waals surface area (Å²) in [5.41, 5.74) is 1.34. The van der Waals surface area contributed by atoms with E-state index in [0.717, 1.165) is 17.4 Å². The van der Waals surface area contributed by atoms with Crippen LogP contribution >= 0.6 is 12.6 Å². The molecule has 1 heterocycles. The van der Waals surface area contributed by atoms with E-state index in [1.807, 2.05) is 6.07 Å². The molecule has 0 radical (unpaired) electrons. The summed E-state index contributed by atoms with van der Waals surface area (Å²) in [4.78, 5) is 1.11. The van der Waals surface area contributed by atoms with Crippen LogP contribution in [0.15, 0.2) is 29.2 Å². The molecule has 1 aromatic carbocycles. The van der Waals surface area contributed by atoms with E-state index in [2.05, 4.69) is 43.1 Å². The Bertz CT molecular complexity index is 298. The standard InChI is InChI=1S/C11H15NS/c1-8-6-7-12-11(8)9-4-2-3-5-10(9)13/h2-5,8,11-13H,6-7H2,1H3/t8-,11+/m1/s1. The van der Waals surface area contributed by atoms with E-state index in [0.29, 0.717) is 6.04 Å². The monoisotopic (exact) mass is 193 g/mol. The molecular weight excluding hydrogens is 178 g/mol. The van der Waals surface area contributed by atoms with E-state index in [9.17, 15) is 0 Å². The molecule has 0 amide bonds. The van der Waals surface area contributed by atoms with Gasteiger partial charge in [-0.3, -0.25) is 0 Å². The van der Waals surface area contributed by atoms with Crippen LogP contribution in [0.2, 0.25) is 0 Å². The van der Waals surface area contributed by atoms with Crippen molar-refractivity contribution < 1.29 is 0 Å². The van der Waals surface area contributed by atoms with Crippen molar-refractivity contribution in [1.82, 2.24) is 5.32 Å². The van der Waals surface area contributed by atoms with Crippen molar-refractivity contribution in [3.63, 3.8) is 0 Å². The molecule has 0 aliphatic carbocycles. The Balaban J connectivity index is 2.29. The van der Waals surface area contributed by atoms with E-state index >= 15 is 0 Å². The molecule has 2 rings (SSSR count). The second kappa shape index (κ2) is 3.72. The van der Waals surface area contributed by atoms with Gasteiger partial charge in [0.05, 0.1) is 0 Å². The van der Waals surface area contributed by atoms with Crippen LogP contribution in [0.25, 0.3) is 0 Å². The summed E-state index contributed by atoms with van der Waals surface area (Å²) in [6.45, 7) is 3.43. The average molecular weight is 193 g/mol. The first-order chi connectivity index (χ1) is 6.29. The van der Waals surface area contributed by atoms with E-state index < -0.39 is 0 Å². The van der Waals surface area contributed by atoms with Gasteiger partial charge in [0, 0.05) is 10.9 Å². The van der Waals surface area contributed by atoms with Gasteiger partial charge in [-0.15, -0.1) is 12.6 Å². The SMILES string of the molecule is C[C@@H]1CCN[C@@H]1c1ccccc1S. The first kappa shape index (κ1) is 9.10. The first-order valence-electron chi connectivity index (χ1n) is 4.80. The zero-order chi connectivity index (χ0) is 9.26. The lowest BCUT2D eigenvalue weighted by molar-refractivity contribution is 0.497. The number of nitrogens with one attached hydrogen (secondary N) is 1. The Hall–Kier alpha value is -0.470. The van der Waals surface area contributed by atoms with Gasteiger partial charge in [0.2, 0.25) is 0 Å². The molecule has 1 saturated heterocycles. The molecule has 1 nitrogen and oxygen atoms in total. The summed E-state index contributed by atoms with van der Waals surface area (Å²) < 4.78 is 0. The Morgan fingerprint density at radius 3 is 2.77 bits per heavy atom. The van der Waals surface area contributed by atoms with Gasteiger partial charge >= 0.3 is 0 Å². The van der Waals surface area contributed by atoms with Gasteiger partial charge in [-0.25, -0.2) is 0 Å². The van der Waals surface area contributed by atoms with Crippen molar-refractivity contribution in [2.24, 2.45) is 5.92 Å². The highest BCUT2D eigenvalue weighted by Gasteiger charge is 2.25. The summed E-state index contributed by atoms with van der Waals surface area (Å²) >= 11 is 4.47. The minimum Gasteiger partial charge on any atom is -0.310 e. The highest BCUT2D eigenvalue weighted by Crippen LogP contribution is 2.32.